The Kier molecular flexibility index (Phi) is 6.58. The molecule has 274 valence electrons. The maximum absolute atomic E-state index is 6.33. The highest BCUT2D eigenvalue weighted by atomic mass is 16.3. The van der Waals surface area contributed by atoms with Gasteiger partial charge < -0.3 is 13.6 Å². The quantitative estimate of drug-likeness (QED) is 0.177. The molecule has 57 heavy (non-hydrogen) atoms. The molecule has 0 bridgehead atoms. The number of para-hydroxylation sites is 2. The topological polar surface area (TPSA) is 23.0 Å². The second-order valence-electron chi connectivity index (χ2n) is 17.6. The second-order valence-corrected chi connectivity index (χ2v) is 17.6. The molecule has 0 saturated heterocycles. The third-order valence-corrected chi connectivity index (χ3v) is 13.3. The van der Waals surface area contributed by atoms with Crippen molar-refractivity contribution in [1.82, 2.24) is 9.13 Å². The first-order chi connectivity index (χ1) is 27.7. The molecule has 0 atom stereocenters. The molecular weight excluding hydrogens is 693 g/mol. The minimum atomic E-state index is 0.105. The van der Waals surface area contributed by atoms with Crippen molar-refractivity contribution in [2.24, 2.45) is 0 Å². The van der Waals surface area contributed by atoms with Crippen molar-refractivity contribution < 1.29 is 4.42 Å². The maximum atomic E-state index is 6.33. The van der Waals surface area contributed by atoms with Crippen molar-refractivity contribution in [2.45, 2.75) is 51.4 Å². The predicted octanol–water partition coefficient (Wildman–Crippen LogP) is 14.9. The van der Waals surface area contributed by atoms with Crippen LogP contribution >= 0.6 is 0 Å². The van der Waals surface area contributed by atoms with E-state index >= 15 is 0 Å². The zero-order chi connectivity index (χ0) is 38.2. The van der Waals surface area contributed by atoms with Crippen molar-refractivity contribution in [2.75, 3.05) is 0 Å². The Labute approximate surface area is 331 Å². The lowest BCUT2D eigenvalue weighted by Gasteiger charge is -2.42. The van der Waals surface area contributed by atoms with Gasteiger partial charge in [0, 0.05) is 43.7 Å². The Hall–Kier alpha value is -6.58. The standard InChI is InChI=1S/C54H42N2O/c1-53(2)25-26-54(3,4)45-31-47-42(30-44(45)53)41-29-43-49(32-48(41)55(47)36-15-6-5-7-16-36)56(46-24-22-33-13-8-9-18-38(33)52(43)46)37-17-12-14-34(27-37)35-21-23-40-39-19-10-11-20-50(39)57-51(40)28-35/h5-24,27-32H,25-26H2,1-4H3. The molecule has 3 nitrogen and oxygen atoms in total. The van der Waals surface area contributed by atoms with E-state index in [1.165, 1.54) is 84.0 Å². The van der Waals surface area contributed by atoms with E-state index in [1.54, 1.807) is 0 Å². The lowest BCUT2D eigenvalue weighted by Crippen LogP contribution is -2.33. The average molecular weight is 735 g/mol. The molecule has 0 fully saturated rings. The summed E-state index contributed by atoms with van der Waals surface area (Å²) in [5, 5.41) is 10.0. The van der Waals surface area contributed by atoms with Crippen molar-refractivity contribution in [1.29, 1.82) is 0 Å². The molecule has 1 aliphatic rings. The van der Waals surface area contributed by atoms with E-state index < -0.39 is 0 Å². The molecule has 0 aliphatic heterocycles. The molecular formula is C54H42N2O. The highest BCUT2D eigenvalue weighted by Crippen LogP contribution is 2.49. The Bertz CT molecular complexity index is 3460. The van der Waals surface area contributed by atoms with E-state index in [4.69, 9.17) is 4.42 Å². The summed E-state index contributed by atoms with van der Waals surface area (Å²) in [6.45, 7) is 9.73. The predicted molar refractivity (Wildman–Crippen MR) is 241 cm³/mol. The van der Waals surface area contributed by atoms with E-state index in [9.17, 15) is 0 Å². The van der Waals surface area contributed by atoms with Crippen LogP contribution in [-0.4, -0.2) is 9.13 Å². The van der Waals surface area contributed by atoms with Crippen LogP contribution in [0.4, 0.5) is 0 Å². The number of nitrogens with zero attached hydrogens (tertiary/aromatic N) is 2. The average Bonchev–Trinajstić information content (AvgIpc) is 3.88. The minimum Gasteiger partial charge on any atom is -0.456 e. The van der Waals surface area contributed by atoms with Gasteiger partial charge in [-0.15, -0.1) is 0 Å². The molecule has 3 heteroatoms. The van der Waals surface area contributed by atoms with Crippen molar-refractivity contribution in [3.05, 3.63) is 169 Å². The van der Waals surface area contributed by atoms with Crippen LogP contribution in [0.2, 0.25) is 0 Å². The van der Waals surface area contributed by atoms with Crippen molar-refractivity contribution in [3.63, 3.8) is 0 Å². The van der Waals surface area contributed by atoms with E-state index in [0.29, 0.717) is 0 Å². The summed E-state index contributed by atoms with van der Waals surface area (Å²) in [5.74, 6) is 0. The first-order valence-corrected chi connectivity index (χ1v) is 20.3. The number of hydrogen-bond donors (Lipinski definition) is 0. The number of benzene rings is 8. The van der Waals surface area contributed by atoms with Crippen LogP contribution < -0.4 is 0 Å². The molecule has 3 heterocycles. The Morgan fingerprint density at radius 3 is 1.88 bits per heavy atom. The summed E-state index contributed by atoms with van der Waals surface area (Å²) in [7, 11) is 0. The van der Waals surface area contributed by atoms with Gasteiger partial charge in [-0.05, 0) is 129 Å². The molecule has 0 radical (unpaired) electrons. The van der Waals surface area contributed by atoms with Crippen LogP contribution in [0.25, 0.3) is 98.8 Å². The van der Waals surface area contributed by atoms with Crippen molar-refractivity contribution >= 4 is 76.3 Å². The van der Waals surface area contributed by atoms with Crippen LogP contribution in [0.15, 0.2) is 162 Å². The van der Waals surface area contributed by atoms with E-state index in [1.807, 2.05) is 12.1 Å². The van der Waals surface area contributed by atoms with Gasteiger partial charge in [-0.2, -0.15) is 0 Å². The van der Waals surface area contributed by atoms with Crippen LogP contribution in [0, 0.1) is 0 Å². The molecule has 11 aromatic rings. The van der Waals surface area contributed by atoms with Gasteiger partial charge in [0.1, 0.15) is 11.2 Å². The largest absolute Gasteiger partial charge is 0.456 e. The Balaban J connectivity index is 1.18. The summed E-state index contributed by atoms with van der Waals surface area (Å²) in [5.41, 5.74) is 14.5. The van der Waals surface area contributed by atoms with Crippen LogP contribution in [0.3, 0.4) is 0 Å². The van der Waals surface area contributed by atoms with Gasteiger partial charge in [-0.25, -0.2) is 0 Å². The smallest absolute Gasteiger partial charge is 0.136 e. The van der Waals surface area contributed by atoms with Gasteiger partial charge in [0.05, 0.1) is 22.1 Å². The summed E-state index contributed by atoms with van der Waals surface area (Å²) in [6, 6.07) is 58.4. The van der Waals surface area contributed by atoms with Gasteiger partial charge in [-0.1, -0.05) is 113 Å². The lowest BCUT2D eigenvalue weighted by molar-refractivity contribution is 0.332. The zero-order valence-electron chi connectivity index (χ0n) is 32.7. The first kappa shape index (κ1) is 32.6. The number of hydrogen-bond acceptors (Lipinski definition) is 1. The van der Waals surface area contributed by atoms with Crippen molar-refractivity contribution in [3.8, 4) is 22.5 Å². The summed E-state index contributed by atoms with van der Waals surface area (Å²) in [6.07, 6.45) is 2.37. The fourth-order valence-corrected chi connectivity index (χ4v) is 10.2. The van der Waals surface area contributed by atoms with E-state index in [-0.39, 0.29) is 10.8 Å². The fourth-order valence-electron chi connectivity index (χ4n) is 10.2. The van der Waals surface area contributed by atoms with E-state index in [0.717, 1.165) is 38.8 Å². The molecule has 8 aromatic carbocycles. The summed E-state index contributed by atoms with van der Waals surface area (Å²) < 4.78 is 11.3. The Morgan fingerprint density at radius 1 is 0.404 bits per heavy atom. The summed E-state index contributed by atoms with van der Waals surface area (Å²) >= 11 is 0. The normalized spacial score (nSPS) is 15.2. The second kappa shape index (κ2) is 11.5. The van der Waals surface area contributed by atoms with Gasteiger partial charge in [0.15, 0.2) is 0 Å². The molecule has 0 amide bonds. The zero-order valence-corrected chi connectivity index (χ0v) is 32.7. The third-order valence-electron chi connectivity index (χ3n) is 13.3. The monoisotopic (exact) mass is 734 g/mol. The highest BCUT2D eigenvalue weighted by Gasteiger charge is 2.38. The summed E-state index contributed by atoms with van der Waals surface area (Å²) in [4.78, 5) is 0. The maximum Gasteiger partial charge on any atom is 0.136 e. The molecule has 1 aliphatic carbocycles. The van der Waals surface area contributed by atoms with Crippen LogP contribution in [-0.2, 0) is 10.8 Å². The molecule has 0 spiro atoms. The van der Waals surface area contributed by atoms with Crippen LogP contribution in [0.5, 0.6) is 0 Å². The van der Waals surface area contributed by atoms with Gasteiger partial charge >= 0.3 is 0 Å². The SMILES string of the molecule is CC1(C)CCC(C)(C)c2cc3c(cc21)c1cc2c4c5ccccc5ccc4n(-c4cccc(-c5ccc6c(c5)oc5ccccc56)c4)c2cc1n3-c1ccccc1. The van der Waals surface area contributed by atoms with Gasteiger partial charge in [0.25, 0.3) is 0 Å². The highest BCUT2D eigenvalue weighted by molar-refractivity contribution is 6.25. The molecule has 0 saturated carbocycles. The molecule has 0 unspecified atom stereocenters. The Morgan fingerprint density at radius 2 is 1.04 bits per heavy atom. The van der Waals surface area contributed by atoms with Crippen LogP contribution in [0.1, 0.15) is 51.7 Å². The molecule has 0 N–H and O–H groups in total. The van der Waals surface area contributed by atoms with Gasteiger partial charge in [-0.3, -0.25) is 0 Å². The third kappa shape index (κ3) is 4.66. The van der Waals surface area contributed by atoms with Gasteiger partial charge in [0.2, 0.25) is 0 Å². The number of fused-ring (bicyclic) bond motifs is 12. The lowest BCUT2D eigenvalue weighted by atomic mass is 9.63. The number of furan rings is 1. The number of rotatable bonds is 3. The van der Waals surface area contributed by atoms with E-state index in [2.05, 4.69) is 182 Å². The number of aromatic nitrogens is 2. The minimum absolute atomic E-state index is 0.105. The molecule has 12 rings (SSSR count). The molecule has 3 aromatic heterocycles. The fraction of sp³-hybridized carbons (Fsp3) is 0.148. The first-order valence-electron chi connectivity index (χ1n) is 20.3.